The second-order valence-electron chi connectivity index (χ2n) is 9.10. The van der Waals surface area contributed by atoms with Gasteiger partial charge >= 0.3 is 12.3 Å². The molecule has 1 aliphatic rings. The Morgan fingerprint density at radius 3 is 2.32 bits per heavy atom. The Kier molecular flexibility index (Phi) is 7.29. The summed E-state index contributed by atoms with van der Waals surface area (Å²) in [5.41, 5.74) is -1.25. The van der Waals surface area contributed by atoms with Crippen molar-refractivity contribution >= 4 is 27.5 Å². The number of alkyl halides is 3. The molecule has 0 spiro atoms. The normalized spacial score (nSPS) is 14.7. The third-order valence-corrected chi connectivity index (χ3v) is 7.95. The van der Waals surface area contributed by atoms with Gasteiger partial charge in [-0.1, -0.05) is 44.2 Å². The molecule has 0 saturated carbocycles. The van der Waals surface area contributed by atoms with Gasteiger partial charge in [-0.25, -0.2) is 17.6 Å². The molecule has 1 heterocycles. The minimum atomic E-state index is -4.87. The third-order valence-electron chi connectivity index (χ3n) is 6.12. The number of ether oxygens (including phenoxy) is 2. The van der Waals surface area contributed by atoms with E-state index in [0.29, 0.717) is 5.56 Å². The van der Waals surface area contributed by atoms with Crippen LogP contribution < -0.4 is 14.4 Å². The van der Waals surface area contributed by atoms with Gasteiger partial charge in [0.2, 0.25) is 6.10 Å². The predicted molar refractivity (Wildman–Crippen MR) is 132 cm³/mol. The topological polar surface area (TPSA) is 84.9 Å². The minimum Gasteiger partial charge on any atom is -0.489 e. The molecular weight excluding hydrogens is 528 g/mol. The van der Waals surface area contributed by atoms with Gasteiger partial charge in [0.05, 0.1) is 17.1 Å². The van der Waals surface area contributed by atoms with E-state index in [0.717, 1.165) is 28.6 Å². The van der Waals surface area contributed by atoms with E-state index >= 15 is 0 Å². The molecular formula is C26H24F4N2O5S. The van der Waals surface area contributed by atoms with Gasteiger partial charge in [0.25, 0.3) is 10.0 Å². The molecule has 0 aromatic heterocycles. The van der Waals surface area contributed by atoms with E-state index < -0.39 is 39.6 Å². The zero-order chi connectivity index (χ0) is 27.7. The number of amides is 1. The largest absolute Gasteiger partial charge is 0.489 e. The first kappa shape index (κ1) is 27.2. The molecule has 7 nitrogen and oxygen atoms in total. The summed E-state index contributed by atoms with van der Waals surface area (Å²) < 4.78 is 93.1. The van der Waals surface area contributed by atoms with Gasteiger partial charge in [0, 0.05) is 11.1 Å². The number of halogens is 4. The summed E-state index contributed by atoms with van der Waals surface area (Å²) >= 11 is 0. The summed E-state index contributed by atoms with van der Waals surface area (Å²) in [4.78, 5) is 12.4. The molecule has 0 saturated heterocycles. The molecule has 1 atom stereocenters. The predicted octanol–water partition coefficient (Wildman–Crippen LogP) is 5.87. The van der Waals surface area contributed by atoms with Gasteiger partial charge in [-0.05, 0) is 48.0 Å². The van der Waals surface area contributed by atoms with Crippen molar-refractivity contribution in [2.75, 3.05) is 22.8 Å². The molecule has 3 aromatic rings. The summed E-state index contributed by atoms with van der Waals surface area (Å²) in [6, 6.07) is 16.1. The van der Waals surface area contributed by atoms with Gasteiger partial charge in [0.15, 0.2) is 0 Å². The number of hydrogen-bond donors (Lipinski definition) is 1. The smallest absolute Gasteiger partial charge is 0.426 e. The molecule has 0 radical (unpaired) electrons. The van der Waals surface area contributed by atoms with Gasteiger partial charge in [-0.3, -0.25) is 9.62 Å². The Balaban J connectivity index is 1.59. The molecule has 12 heteroatoms. The maximum absolute atomic E-state index is 14.0. The first-order chi connectivity index (χ1) is 17.8. The van der Waals surface area contributed by atoms with Gasteiger partial charge in [0.1, 0.15) is 18.2 Å². The maximum atomic E-state index is 14.0. The van der Waals surface area contributed by atoms with Crippen LogP contribution in [0.1, 0.15) is 19.4 Å². The van der Waals surface area contributed by atoms with Crippen LogP contribution in [-0.2, 0) is 20.2 Å². The summed E-state index contributed by atoms with van der Waals surface area (Å²) in [5.74, 6) is -0.428. The van der Waals surface area contributed by atoms with Crippen LogP contribution in [0.5, 0.6) is 5.75 Å². The molecule has 1 N–H and O–H groups in total. The number of anilines is 2. The molecule has 0 aliphatic carbocycles. The Labute approximate surface area is 217 Å². The van der Waals surface area contributed by atoms with Gasteiger partial charge in [-0.2, -0.15) is 13.2 Å². The average molecular weight is 553 g/mol. The van der Waals surface area contributed by atoms with Crippen molar-refractivity contribution in [3.05, 3.63) is 84.2 Å². The lowest BCUT2D eigenvalue weighted by Gasteiger charge is -2.35. The lowest BCUT2D eigenvalue weighted by atomic mass is 9.79. The van der Waals surface area contributed by atoms with Crippen molar-refractivity contribution in [1.29, 1.82) is 0 Å². The zero-order valence-corrected chi connectivity index (χ0v) is 21.1. The van der Waals surface area contributed by atoms with Crippen molar-refractivity contribution in [3.8, 4) is 5.75 Å². The Morgan fingerprint density at radius 2 is 1.68 bits per heavy atom. The molecule has 202 valence electrons. The van der Waals surface area contributed by atoms with Crippen LogP contribution in [-0.4, -0.2) is 39.9 Å². The van der Waals surface area contributed by atoms with Gasteiger partial charge in [-0.15, -0.1) is 0 Å². The summed E-state index contributed by atoms with van der Waals surface area (Å²) in [7, 11) is -4.13. The number of hydrogen-bond acceptors (Lipinski definition) is 5. The van der Waals surface area contributed by atoms with Crippen molar-refractivity contribution < 1.29 is 40.2 Å². The van der Waals surface area contributed by atoms with E-state index in [1.165, 1.54) is 44.2 Å². The summed E-state index contributed by atoms with van der Waals surface area (Å²) in [6.45, 7) is 2.59. The fourth-order valence-electron chi connectivity index (χ4n) is 4.15. The van der Waals surface area contributed by atoms with E-state index in [1.54, 1.807) is 18.2 Å². The first-order valence-electron chi connectivity index (χ1n) is 11.4. The quantitative estimate of drug-likeness (QED) is 0.387. The van der Waals surface area contributed by atoms with Crippen LogP contribution in [0.4, 0.5) is 33.7 Å². The highest BCUT2D eigenvalue weighted by atomic mass is 32.2. The van der Waals surface area contributed by atoms with E-state index in [2.05, 4.69) is 5.32 Å². The number of sulfonamides is 1. The van der Waals surface area contributed by atoms with Crippen molar-refractivity contribution in [2.24, 2.45) is 0 Å². The molecule has 3 aromatic carbocycles. The molecule has 0 fully saturated rings. The van der Waals surface area contributed by atoms with Crippen molar-refractivity contribution in [3.63, 3.8) is 0 Å². The molecule has 4 rings (SSSR count). The highest BCUT2D eigenvalue weighted by Gasteiger charge is 2.52. The van der Waals surface area contributed by atoms with Crippen LogP contribution in [0.3, 0.4) is 0 Å². The third kappa shape index (κ3) is 5.54. The summed E-state index contributed by atoms with van der Waals surface area (Å²) in [6.07, 6.45) is -8.73. The average Bonchev–Trinajstić information content (AvgIpc) is 2.87. The molecule has 1 amide bonds. The zero-order valence-electron chi connectivity index (χ0n) is 20.3. The number of nitrogens with one attached hydrogen (secondary N) is 1. The lowest BCUT2D eigenvalue weighted by molar-refractivity contribution is -0.219. The Hall–Kier alpha value is -3.80. The molecule has 0 bridgehead atoms. The number of benzene rings is 3. The van der Waals surface area contributed by atoms with Crippen LogP contribution >= 0.6 is 0 Å². The van der Waals surface area contributed by atoms with Gasteiger partial charge < -0.3 is 9.47 Å². The fraction of sp³-hybridized carbons (Fsp3) is 0.269. The van der Waals surface area contributed by atoms with Crippen LogP contribution in [0.15, 0.2) is 77.7 Å². The van der Waals surface area contributed by atoms with E-state index in [1.807, 2.05) is 0 Å². The number of rotatable bonds is 6. The molecule has 38 heavy (non-hydrogen) atoms. The maximum Gasteiger partial charge on any atom is 0.426 e. The molecule has 1 aliphatic heterocycles. The fourth-order valence-corrected chi connectivity index (χ4v) is 5.60. The standard InChI is InChI=1S/C26H24F4N2O5S/c1-25(2,17-6-4-3-5-7-17)23(26(28,29)30)37-24(33)31-19-10-13-22-21(16-19)32(14-15-36-22)38(34,35)20-11-8-18(27)9-12-20/h3-13,16,23H,14-15H2,1-2H3,(H,31,33). The summed E-state index contributed by atoms with van der Waals surface area (Å²) in [5, 5.41) is 2.25. The van der Waals surface area contributed by atoms with Crippen LogP contribution in [0.25, 0.3) is 0 Å². The van der Waals surface area contributed by atoms with Crippen LogP contribution in [0, 0.1) is 5.82 Å². The second kappa shape index (κ2) is 10.2. The first-order valence-corrected chi connectivity index (χ1v) is 12.9. The van der Waals surface area contributed by atoms with Crippen LogP contribution in [0.2, 0.25) is 0 Å². The Morgan fingerprint density at radius 1 is 1.03 bits per heavy atom. The van der Waals surface area contributed by atoms with E-state index in [-0.39, 0.29) is 35.2 Å². The molecule has 1 unspecified atom stereocenters. The number of nitrogens with zero attached hydrogens (tertiary/aromatic N) is 1. The lowest BCUT2D eigenvalue weighted by Crippen LogP contribution is -2.48. The Bertz CT molecular complexity index is 1410. The number of carbonyl (C=O) groups excluding carboxylic acids is 1. The SMILES string of the molecule is CC(C)(c1ccccc1)C(OC(=O)Nc1ccc2c(c1)N(S(=O)(=O)c1ccc(F)cc1)CCO2)C(F)(F)F. The van der Waals surface area contributed by atoms with E-state index in [9.17, 15) is 30.8 Å². The second-order valence-corrected chi connectivity index (χ2v) is 11.0. The van der Waals surface area contributed by atoms with E-state index in [4.69, 9.17) is 9.47 Å². The highest BCUT2D eigenvalue weighted by Crippen LogP contribution is 2.40. The van der Waals surface area contributed by atoms with Crippen molar-refractivity contribution in [2.45, 2.75) is 36.4 Å². The van der Waals surface area contributed by atoms with Crippen molar-refractivity contribution in [1.82, 2.24) is 0 Å². The highest BCUT2D eigenvalue weighted by molar-refractivity contribution is 7.92. The monoisotopic (exact) mass is 552 g/mol. The number of fused-ring (bicyclic) bond motifs is 1. The number of carbonyl (C=O) groups is 1. The minimum absolute atomic E-state index is 0.0167.